The van der Waals surface area contributed by atoms with Crippen LogP contribution in [0.5, 0.6) is 0 Å². The molecule has 3 nitrogen and oxygen atoms in total. The number of hydrogen-bond donors (Lipinski definition) is 0. The van der Waals surface area contributed by atoms with Gasteiger partial charge in [0.15, 0.2) is 0 Å². The monoisotopic (exact) mass is 232 g/mol. The van der Waals surface area contributed by atoms with E-state index in [2.05, 4.69) is 16.1 Å². The molecular formula is BBaClO3. The summed E-state index contributed by atoms with van der Waals surface area (Å²) >= 11 is 4.21. The molecule has 0 aromatic heterocycles. The van der Waals surface area contributed by atoms with Crippen LogP contribution >= 0.6 is 11.9 Å². The van der Waals surface area contributed by atoms with Gasteiger partial charge in [0.2, 0.25) is 0 Å². The molecule has 0 aromatic carbocycles. The van der Waals surface area contributed by atoms with Gasteiger partial charge in [-0.3, -0.25) is 0 Å². The van der Waals surface area contributed by atoms with Crippen molar-refractivity contribution in [2.75, 3.05) is 0 Å². The Hall–Kier alpha value is 1.81. The first-order valence-corrected chi connectivity index (χ1v) is 1.17. The SMILES string of the molecule is [Ba+2].[O-]B([O-])OCl. The Morgan fingerprint density at radius 3 is 1.67 bits per heavy atom. The second-order valence-electron chi connectivity index (χ2n) is 0.378. The first-order chi connectivity index (χ1) is 2.27. The number of halogens is 1. The van der Waals surface area contributed by atoms with Crippen molar-refractivity contribution in [1.29, 1.82) is 0 Å². The average Bonchev–Trinajstić information content (AvgIpc) is 1.38. The van der Waals surface area contributed by atoms with Crippen molar-refractivity contribution in [2.24, 2.45) is 0 Å². The van der Waals surface area contributed by atoms with Crippen LogP contribution in [0.4, 0.5) is 0 Å². The third-order valence-electron chi connectivity index (χ3n) is 0.0727. The smallest absolute Gasteiger partial charge is 0.869 e. The Kier molecular flexibility index (Phi) is 12.2. The summed E-state index contributed by atoms with van der Waals surface area (Å²) in [5, 5.41) is 18.0. The van der Waals surface area contributed by atoms with Crippen LogP contribution in [-0.4, -0.2) is 56.2 Å². The van der Waals surface area contributed by atoms with Crippen LogP contribution in [0.3, 0.4) is 0 Å². The van der Waals surface area contributed by atoms with Gasteiger partial charge in [0, 0.05) is 11.9 Å². The predicted octanol–water partition coefficient (Wildman–Crippen LogP) is -2.52. The van der Waals surface area contributed by atoms with Gasteiger partial charge in [-0.15, -0.1) is 0 Å². The zero-order valence-corrected chi connectivity index (χ0v) is 8.08. The topological polar surface area (TPSA) is 55.3 Å². The molecule has 0 N–H and O–H groups in total. The Labute approximate surface area is 81.1 Å². The van der Waals surface area contributed by atoms with E-state index < -0.39 is 7.32 Å². The third-order valence-corrected chi connectivity index (χ3v) is 0.218. The van der Waals surface area contributed by atoms with Crippen LogP contribution in [-0.2, 0) is 4.21 Å². The quantitative estimate of drug-likeness (QED) is 0.468. The molecule has 0 aliphatic heterocycles. The maximum absolute atomic E-state index is 8.99. The number of rotatable bonds is 1. The van der Waals surface area contributed by atoms with E-state index in [0.29, 0.717) is 0 Å². The fraction of sp³-hybridized carbons (Fsp3) is 0. The van der Waals surface area contributed by atoms with Gasteiger partial charge in [-0.2, -0.15) is 0 Å². The fourth-order valence-electron chi connectivity index (χ4n) is 0. The van der Waals surface area contributed by atoms with Crippen molar-refractivity contribution in [1.82, 2.24) is 0 Å². The van der Waals surface area contributed by atoms with Crippen molar-refractivity contribution in [3.8, 4) is 0 Å². The van der Waals surface area contributed by atoms with Crippen LogP contribution in [0.25, 0.3) is 0 Å². The standard InChI is InChI=1S/BClO3.Ba/c2-5-1(3)4;/q-2;+2. The fourth-order valence-corrected chi connectivity index (χ4v) is 0. The molecule has 0 saturated carbocycles. The molecular weight excluding hydrogens is 232 g/mol. The van der Waals surface area contributed by atoms with E-state index in [9.17, 15) is 0 Å². The normalized spacial score (nSPS) is 6.50. The summed E-state index contributed by atoms with van der Waals surface area (Å²) in [7, 11) is -2.35. The summed E-state index contributed by atoms with van der Waals surface area (Å²) in [5.41, 5.74) is 0. The van der Waals surface area contributed by atoms with Crippen molar-refractivity contribution in [3.63, 3.8) is 0 Å². The zero-order chi connectivity index (χ0) is 4.28. The Balaban J connectivity index is 0. The molecule has 0 fully saturated rings. The maximum Gasteiger partial charge on any atom is 2.00 e. The molecule has 30 valence electrons. The molecule has 0 radical (unpaired) electrons. The predicted molar refractivity (Wildman–Crippen MR) is 18.4 cm³/mol. The zero-order valence-electron chi connectivity index (χ0n) is 2.89. The van der Waals surface area contributed by atoms with Crippen LogP contribution in [0.15, 0.2) is 0 Å². The van der Waals surface area contributed by atoms with Crippen molar-refractivity contribution >= 4 is 68.1 Å². The Morgan fingerprint density at radius 1 is 1.50 bits per heavy atom. The summed E-state index contributed by atoms with van der Waals surface area (Å²) in [6, 6.07) is 0. The molecule has 0 bridgehead atoms. The maximum atomic E-state index is 8.99. The van der Waals surface area contributed by atoms with Gasteiger partial charge in [-0.1, -0.05) is 0 Å². The number of hydrogen-bond acceptors (Lipinski definition) is 3. The van der Waals surface area contributed by atoms with Crippen LogP contribution in [0, 0.1) is 0 Å². The Morgan fingerprint density at radius 2 is 1.67 bits per heavy atom. The molecule has 0 aliphatic rings. The first kappa shape index (κ1) is 10.7. The van der Waals surface area contributed by atoms with Crippen LogP contribution in [0.1, 0.15) is 0 Å². The van der Waals surface area contributed by atoms with Gasteiger partial charge in [-0.25, -0.2) is 0 Å². The van der Waals surface area contributed by atoms with E-state index in [1.807, 2.05) is 0 Å². The van der Waals surface area contributed by atoms with Crippen LogP contribution < -0.4 is 10.0 Å². The molecule has 0 atom stereocenters. The summed E-state index contributed by atoms with van der Waals surface area (Å²) in [5.74, 6) is 0. The van der Waals surface area contributed by atoms with E-state index >= 15 is 0 Å². The van der Waals surface area contributed by atoms with Gasteiger partial charge in [0.05, 0.1) is 7.32 Å². The Bertz CT molecular complexity index is 24.8. The van der Waals surface area contributed by atoms with Gasteiger partial charge in [0.1, 0.15) is 0 Å². The van der Waals surface area contributed by atoms with Crippen molar-refractivity contribution in [3.05, 3.63) is 0 Å². The second kappa shape index (κ2) is 6.81. The summed E-state index contributed by atoms with van der Waals surface area (Å²) in [6.45, 7) is 0. The summed E-state index contributed by atoms with van der Waals surface area (Å²) < 4.78 is 3.11. The summed E-state index contributed by atoms with van der Waals surface area (Å²) in [6.07, 6.45) is 0. The van der Waals surface area contributed by atoms with Gasteiger partial charge >= 0.3 is 48.9 Å². The first-order valence-electron chi connectivity index (χ1n) is 0.861. The molecule has 0 aromatic rings. The minimum absolute atomic E-state index is 0. The van der Waals surface area contributed by atoms with E-state index in [1.165, 1.54) is 0 Å². The van der Waals surface area contributed by atoms with Crippen LogP contribution in [0.2, 0.25) is 0 Å². The molecule has 0 heterocycles. The van der Waals surface area contributed by atoms with E-state index in [0.717, 1.165) is 0 Å². The van der Waals surface area contributed by atoms with Crippen molar-refractivity contribution < 1.29 is 14.3 Å². The molecule has 6 heavy (non-hydrogen) atoms. The summed E-state index contributed by atoms with van der Waals surface area (Å²) in [4.78, 5) is 0. The third kappa shape index (κ3) is 9.26. The minimum Gasteiger partial charge on any atom is -0.869 e. The van der Waals surface area contributed by atoms with E-state index in [4.69, 9.17) is 10.0 Å². The molecule has 6 heteroatoms. The van der Waals surface area contributed by atoms with Gasteiger partial charge < -0.3 is 14.3 Å². The molecule has 0 spiro atoms. The van der Waals surface area contributed by atoms with Gasteiger partial charge in [-0.05, 0) is 0 Å². The minimum atomic E-state index is -2.35. The average molecular weight is 232 g/mol. The van der Waals surface area contributed by atoms with E-state index in [1.54, 1.807) is 0 Å². The van der Waals surface area contributed by atoms with Crippen molar-refractivity contribution in [2.45, 2.75) is 0 Å². The largest absolute Gasteiger partial charge is 2.00 e. The molecule has 0 aliphatic carbocycles. The molecule has 0 rings (SSSR count). The van der Waals surface area contributed by atoms with Gasteiger partial charge in [0.25, 0.3) is 0 Å². The molecule has 0 unspecified atom stereocenters. The second-order valence-corrected chi connectivity index (χ2v) is 0.556. The molecule has 0 saturated heterocycles. The van der Waals surface area contributed by atoms with E-state index in [-0.39, 0.29) is 48.9 Å². The molecule has 0 amide bonds.